The first-order valence-corrected chi connectivity index (χ1v) is 6.45. The first-order valence-electron chi connectivity index (χ1n) is 6.45. The van der Waals surface area contributed by atoms with Crippen molar-refractivity contribution in [2.75, 3.05) is 6.61 Å². The molecule has 1 aliphatic heterocycles. The molecule has 2 unspecified atom stereocenters. The van der Waals surface area contributed by atoms with E-state index in [-0.39, 0.29) is 6.42 Å². The highest BCUT2D eigenvalue weighted by Gasteiger charge is 2.47. The molecule has 0 aromatic heterocycles. The average Bonchev–Trinajstić information content (AvgIpc) is 2.42. The lowest BCUT2D eigenvalue weighted by molar-refractivity contribution is -0.246. The van der Waals surface area contributed by atoms with E-state index in [1.54, 1.807) is 0 Å². The molecule has 0 aliphatic carbocycles. The Morgan fingerprint density at radius 3 is 2.37 bits per heavy atom. The highest BCUT2D eigenvalue weighted by atomic mass is 16.6. The molecule has 5 N–H and O–H groups in total. The standard InChI is InChI=1S/C12H22O7/c1-2-3-4-6(14)8(15)12-11(18)10(17)9(16)7(5-13)19-12/h7-13,15-18H,2-5H2,1H3/t7-,8?,9+,10+,11-,12?/m1/s1. The fraction of sp³-hybridized carbons (Fsp3) is 0.917. The first kappa shape index (κ1) is 16.5. The second-order valence-corrected chi connectivity index (χ2v) is 4.81. The molecule has 0 aromatic rings. The number of ketones is 1. The Hall–Kier alpha value is -0.570. The van der Waals surface area contributed by atoms with E-state index in [2.05, 4.69) is 0 Å². The van der Waals surface area contributed by atoms with Gasteiger partial charge >= 0.3 is 0 Å². The molecule has 112 valence electrons. The summed E-state index contributed by atoms with van der Waals surface area (Å²) in [6, 6.07) is 0. The lowest BCUT2D eigenvalue weighted by atomic mass is 9.90. The lowest BCUT2D eigenvalue weighted by Gasteiger charge is -2.41. The van der Waals surface area contributed by atoms with Gasteiger partial charge in [0.05, 0.1) is 6.61 Å². The fourth-order valence-corrected chi connectivity index (χ4v) is 2.07. The van der Waals surface area contributed by atoms with Crippen LogP contribution in [0, 0.1) is 0 Å². The normalized spacial score (nSPS) is 37.1. The Kier molecular flexibility index (Phi) is 6.31. The molecular weight excluding hydrogens is 256 g/mol. The summed E-state index contributed by atoms with van der Waals surface area (Å²) in [5, 5.41) is 47.7. The van der Waals surface area contributed by atoms with E-state index in [0.29, 0.717) is 6.42 Å². The van der Waals surface area contributed by atoms with Gasteiger partial charge in [0.1, 0.15) is 36.6 Å². The molecule has 0 aromatic carbocycles. The van der Waals surface area contributed by atoms with Crippen LogP contribution in [0.25, 0.3) is 0 Å². The van der Waals surface area contributed by atoms with E-state index in [1.165, 1.54) is 0 Å². The Morgan fingerprint density at radius 2 is 1.84 bits per heavy atom. The van der Waals surface area contributed by atoms with Gasteiger partial charge < -0.3 is 30.3 Å². The number of unbranched alkanes of at least 4 members (excludes halogenated alkanes) is 1. The maximum Gasteiger partial charge on any atom is 0.164 e. The maximum atomic E-state index is 11.7. The SMILES string of the molecule is CCCCC(=O)C(O)C1O[C@H](CO)[C@H](O)[C@H](O)[C@H]1O. The van der Waals surface area contributed by atoms with Gasteiger partial charge in [0, 0.05) is 6.42 Å². The smallest absolute Gasteiger partial charge is 0.164 e. The zero-order chi connectivity index (χ0) is 14.6. The van der Waals surface area contributed by atoms with Crippen molar-refractivity contribution in [3.8, 4) is 0 Å². The van der Waals surface area contributed by atoms with Crippen LogP contribution < -0.4 is 0 Å². The number of carbonyl (C=O) groups is 1. The Morgan fingerprint density at radius 1 is 1.21 bits per heavy atom. The molecular formula is C12H22O7. The molecule has 1 rings (SSSR count). The average molecular weight is 278 g/mol. The number of carbonyl (C=O) groups excluding carboxylic acids is 1. The molecule has 0 spiro atoms. The number of hydrogen-bond acceptors (Lipinski definition) is 7. The van der Waals surface area contributed by atoms with Gasteiger partial charge in [-0.25, -0.2) is 0 Å². The van der Waals surface area contributed by atoms with E-state index in [9.17, 15) is 25.2 Å². The Balaban J connectivity index is 2.72. The van der Waals surface area contributed by atoms with Crippen LogP contribution in [0.3, 0.4) is 0 Å². The summed E-state index contributed by atoms with van der Waals surface area (Å²) in [6.07, 6.45) is -7.17. The van der Waals surface area contributed by atoms with Gasteiger partial charge in [-0.2, -0.15) is 0 Å². The number of rotatable bonds is 6. The molecule has 0 amide bonds. The maximum absolute atomic E-state index is 11.7. The van der Waals surface area contributed by atoms with Crippen molar-refractivity contribution in [3.05, 3.63) is 0 Å². The third kappa shape index (κ3) is 3.71. The molecule has 1 fully saturated rings. The van der Waals surface area contributed by atoms with E-state index < -0.39 is 49.0 Å². The molecule has 19 heavy (non-hydrogen) atoms. The summed E-state index contributed by atoms with van der Waals surface area (Å²) in [7, 11) is 0. The van der Waals surface area contributed by atoms with Crippen LogP contribution in [-0.2, 0) is 9.53 Å². The molecule has 0 saturated carbocycles. The minimum atomic E-state index is -1.59. The molecule has 0 bridgehead atoms. The van der Waals surface area contributed by atoms with Crippen molar-refractivity contribution < 1.29 is 35.1 Å². The van der Waals surface area contributed by atoms with Crippen LogP contribution in [0.5, 0.6) is 0 Å². The summed E-state index contributed by atoms with van der Waals surface area (Å²) in [4.78, 5) is 11.7. The monoisotopic (exact) mass is 278 g/mol. The van der Waals surface area contributed by atoms with Gasteiger partial charge in [0.25, 0.3) is 0 Å². The summed E-state index contributed by atoms with van der Waals surface area (Å²) in [5.41, 5.74) is 0. The third-order valence-electron chi connectivity index (χ3n) is 3.35. The van der Waals surface area contributed by atoms with E-state index >= 15 is 0 Å². The number of ether oxygens (including phenoxy) is 1. The number of Topliss-reactive ketones (excluding diaryl/α,β-unsaturated/α-hetero) is 1. The summed E-state index contributed by atoms with van der Waals surface area (Å²) < 4.78 is 5.11. The van der Waals surface area contributed by atoms with Crippen molar-refractivity contribution in [3.63, 3.8) is 0 Å². The van der Waals surface area contributed by atoms with Crippen LogP contribution in [0.2, 0.25) is 0 Å². The van der Waals surface area contributed by atoms with Crippen molar-refractivity contribution in [2.45, 2.75) is 62.8 Å². The van der Waals surface area contributed by atoms with Gasteiger partial charge in [-0.05, 0) is 6.42 Å². The van der Waals surface area contributed by atoms with Crippen molar-refractivity contribution >= 4 is 5.78 Å². The van der Waals surface area contributed by atoms with Gasteiger partial charge in [-0.1, -0.05) is 13.3 Å². The Bertz CT molecular complexity index is 294. The molecule has 7 heteroatoms. The summed E-state index contributed by atoms with van der Waals surface area (Å²) in [5.74, 6) is -0.494. The molecule has 1 aliphatic rings. The zero-order valence-electron chi connectivity index (χ0n) is 10.8. The van der Waals surface area contributed by atoms with Crippen LogP contribution in [-0.4, -0.2) is 74.5 Å². The number of hydrogen-bond donors (Lipinski definition) is 5. The highest BCUT2D eigenvalue weighted by Crippen LogP contribution is 2.24. The second kappa shape index (κ2) is 7.28. The minimum absolute atomic E-state index is 0.146. The molecule has 6 atom stereocenters. The first-order chi connectivity index (χ1) is 8.93. The second-order valence-electron chi connectivity index (χ2n) is 4.81. The summed E-state index contributed by atoms with van der Waals surface area (Å²) in [6.45, 7) is 1.31. The third-order valence-corrected chi connectivity index (χ3v) is 3.35. The number of aliphatic hydroxyl groups is 5. The highest BCUT2D eigenvalue weighted by molar-refractivity contribution is 5.83. The van der Waals surface area contributed by atoms with Crippen molar-refractivity contribution in [1.82, 2.24) is 0 Å². The van der Waals surface area contributed by atoms with E-state index in [4.69, 9.17) is 9.84 Å². The van der Waals surface area contributed by atoms with Crippen LogP contribution in [0.4, 0.5) is 0 Å². The predicted molar refractivity (Wildman–Crippen MR) is 64.3 cm³/mol. The quantitative estimate of drug-likeness (QED) is 0.378. The van der Waals surface area contributed by atoms with E-state index in [0.717, 1.165) is 6.42 Å². The van der Waals surface area contributed by atoms with Crippen molar-refractivity contribution in [2.24, 2.45) is 0 Å². The van der Waals surface area contributed by atoms with E-state index in [1.807, 2.05) is 6.92 Å². The molecule has 0 radical (unpaired) electrons. The van der Waals surface area contributed by atoms with Crippen LogP contribution >= 0.6 is 0 Å². The fourth-order valence-electron chi connectivity index (χ4n) is 2.07. The van der Waals surface area contributed by atoms with Gasteiger partial charge in [0.15, 0.2) is 5.78 Å². The minimum Gasteiger partial charge on any atom is -0.394 e. The molecule has 1 saturated heterocycles. The van der Waals surface area contributed by atoms with Gasteiger partial charge in [0.2, 0.25) is 0 Å². The van der Waals surface area contributed by atoms with Crippen molar-refractivity contribution in [1.29, 1.82) is 0 Å². The number of aliphatic hydroxyl groups excluding tert-OH is 5. The molecule has 1 heterocycles. The van der Waals surface area contributed by atoms with Gasteiger partial charge in [-0.15, -0.1) is 0 Å². The summed E-state index contributed by atoms with van der Waals surface area (Å²) >= 11 is 0. The molecule has 7 nitrogen and oxygen atoms in total. The van der Waals surface area contributed by atoms with Crippen LogP contribution in [0.15, 0.2) is 0 Å². The van der Waals surface area contributed by atoms with Gasteiger partial charge in [-0.3, -0.25) is 4.79 Å². The topological polar surface area (TPSA) is 127 Å². The predicted octanol–water partition coefficient (Wildman–Crippen LogP) is -2.05. The zero-order valence-corrected chi connectivity index (χ0v) is 10.8. The van der Waals surface area contributed by atoms with Crippen LogP contribution in [0.1, 0.15) is 26.2 Å². The largest absolute Gasteiger partial charge is 0.394 e. The lowest BCUT2D eigenvalue weighted by Crippen LogP contribution is -2.62. The Labute approximate surface area is 111 Å².